The van der Waals surface area contributed by atoms with Crippen molar-refractivity contribution in [1.29, 1.82) is 0 Å². The van der Waals surface area contributed by atoms with Gasteiger partial charge in [0.25, 0.3) is 0 Å². The third-order valence-corrected chi connectivity index (χ3v) is 3.87. The van der Waals surface area contributed by atoms with Gasteiger partial charge in [0.1, 0.15) is 17.2 Å². The van der Waals surface area contributed by atoms with Gasteiger partial charge in [0.05, 0.1) is 14.2 Å². The normalized spacial score (nSPS) is 10.4. The Morgan fingerprint density at radius 2 is 1.38 bits per heavy atom. The highest BCUT2D eigenvalue weighted by molar-refractivity contribution is 6.00. The number of methoxy groups -OCH3 is 2. The van der Waals surface area contributed by atoms with Crippen molar-refractivity contribution >= 4 is 5.97 Å². The van der Waals surface area contributed by atoms with E-state index in [1.165, 1.54) is 0 Å². The van der Waals surface area contributed by atoms with E-state index in [2.05, 4.69) is 4.98 Å². The molecule has 0 atom stereocenters. The molecule has 0 unspecified atom stereocenters. The molecule has 0 saturated carbocycles. The molecule has 0 aliphatic heterocycles. The van der Waals surface area contributed by atoms with Gasteiger partial charge in [0.15, 0.2) is 0 Å². The van der Waals surface area contributed by atoms with Gasteiger partial charge in [0.2, 0.25) is 0 Å². The molecule has 0 aliphatic rings. The van der Waals surface area contributed by atoms with Crippen LogP contribution >= 0.6 is 0 Å². The summed E-state index contributed by atoms with van der Waals surface area (Å²) >= 11 is 0. The number of H-pyrrole nitrogens is 1. The Balaban J connectivity index is 2.14. The minimum Gasteiger partial charge on any atom is -0.497 e. The number of hydrogen-bond acceptors (Lipinski definition) is 3. The summed E-state index contributed by atoms with van der Waals surface area (Å²) in [5.74, 6) is 0.469. The first-order valence-electron chi connectivity index (χ1n) is 7.37. The molecule has 0 aliphatic carbocycles. The third-order valence-electron chi connectivity index (χ3n) is 3.87. The van der Waals surface area contributed by atoms with E-state index in [9.17, 15) is 9.90 Å². The molecule has 5 heteroatoms. The van der Waals surface area contributed by atoms with Crippen molar-refractivity contribution in [2.75, 3.05) is 14.2 Å². The van der Waals surface area contributed by atoms with Gasteiger partial charge in [-0.3, -0.25) is 0 Å². The minimum absolute atomic E-state index is 0.158. The summed E-state index contributed by atoms with van der Waals surface area (Å²) in [5, 5.41) is 9.49. The predicted octanol–water partition coefficient (Wildman–Crippen LogP) is 4.06. The monoisotopic (exact) mass is 323 g/mol. The largest absolute Gasteiger partial charge is 0.497 e. The smallest absolute Gasteiger partial charge is 0.352 e. The number of carboxylic acids is 1. The van der Waals surface area contributed by atoms with Crippen LogP contribution in [-0.4, -0.2) is 30.3 Å². The van der Waals surface area contributed by atoms with Crippen molar-refractivity contribution in [2.45, 2.75) is 0 Å². The van der Waals surface area contributed by atoms with E-state index in [-0.39, 0.29) is 5.69 Å². The number of hydrogen-bond donors (Lipinski definition) is 2. The first-order valence-corrected chi connectivity index (χ1v) is 7.37. The Hall–Kier alpha value is -3.21. The second-order valence-corrected chi connectivity index (χ2v) is 5.21. The highest BCUT2D eigenvalue weighted by Crippen LogP contribution is 2.36. The van der Waals surface area contributed by atoms with Gasteiger partial charge in [-0.05, 0) is 35.4 Å². The first kappa shape index (κ1) is 15.7. The molecule has 0 amide bonds. The maximum atomic E-state index is 11.6. The Morgan fingerprint density at radius 1 is 0.875 bits per heavy atom. The molecule has 122 valence electrons. The van der Waals surface area contributed by atoms with E-state index in [1.54, 1.807) is 20.4 Å². The average molecular weight is 323 g/mol. The molecule has 3 rings (SSSR count). The number of nitrogens with one attached hydrogen (secondary N) is 1. The predicted molar refractivity (Wildman–Crippen MR) is 91.7 cm³/mol. The molecule has 0 saturated heterocycles. The van der Waals surface area contributed by atoms with Crippen LogP contribution in [0.1, 0.15) is 10.5 Å². The van der Waals surface area contributed by atoms with Gasteiger partial charge in [-0.15, -0.1) is 0 Å². The molecule has 0 fully saturated rings. The maximum absolute atomic E-state index is 11.6. The standard InChI is InChI=1S/C19H17NO4/c1-23-14-7-3-12(4-8-14)16-11-20-18(19(21)22)17(16)13-5-9-15(24-2)10-6-13/h3-11,20H,1-2H3,(H,21,22). The lowest BCUT2D eigenvalue weighted by Gasteiger charge is -2.08. The Labute approximate surface area is 139 Å². The fraction of sp³-hybridized carbons (Fsp3) is 0.105. The highest BCUT2D eigenvalue weighted by Gasteiger charge is 2.19. The topological polar surface area (TPSA) is 71.6 Å². The zero-order valence-electron chi connectivity index (χ0n) is 13.4. The summed E-state index contributed by atoms with van der Waals surface area (Å²) < 4.78 is 10.3. The SMILES string of the molecule is COc1ccc(-c2c[nH]c(C(=O)O)c2-c2ccc(OC)cc2)cc1. The Bertz CT molecular complexity index is 848. The number of aromatic nitrogens is 1. The summed E-state index contributed by atoms with van der Waals surface area (Å²) in [6.07, 6.45) is 1.71. The zero-order valence-corrected chi connectivity index (χ0v) is 13.4. The van der Waals surface area contributed by atoms with Crippen LogP contribution in [0.4, 0.5) is 0 Å². The lowest BCUT2D eigenvalue weighted by Crippen LogP contribution is -1.99. The van der Waals surface area contributed by atoms with Crippen LogP contribution in [0, 0.1) is 0 Å². The summed E-state index contributed by atoms with van der Waals surface area (Å²) in [6, 6.07) is 14.8. The van der Waals surface area contributed by atoms with Crippen LogP contribution < -0.4 is 9.47 Å². The van der Waals surface area contributed by atoms with E-state index in [0.29, 0.717) is 5.56 Å². The van der Waals surface area contributed by atoms with Gasteiger partial charge in [-0.25, -0.2) is 4.79 Å². The van der Waals surface area contributed by atoms with E-state index >= 15 is 0 Å². The van der Waals surface area contributed by atoms with Crippen LogP contribution in [0.2, 0.25) is 0 Å². The fourth-order valence-corrected chi connectivity index (χ4v) is 2.65. The Kier molecular flexibility index (Phi) is 4.24. The van der Waals surface area contributed by atoms with Crippen molar-refractivity contribution in [3.8, 4) is 33.8 Å². The van der Waals surface area contributed by atoms with Crippen LogP contribution in [0.3, 0.4) is 0 Å². The highest BCUT2D eigenvalue weighted by atomic mass is 16.5. The second-order valence-electron chi connectivity index (χ2n) is 5.21. The van der Waals surface area contributed by atoms with E-state index in [1.807, 2.05) is 48.5 Å². The van der Waals surface area contributed by atoms with E-state index in [0.717, 1.165) is 28.2 Å². The average Bonchev–Trinajstić information content (AvgIpc) is 3.07. The van der Waals surface area contributed by atoms with Gasteiger partial charge in [-0.2, -0.15) is 0 Å². The van der Waals surface area contributed by atoms with Crippen molar-refractivity contribution in [1.82, 2.24) is 4.98 Å². The van der Waals surface area contributed by atoms with Gasteiger partial charge < -0.3 is 19.6 Å². The van der Waals surface area contributed by atoms with Gasteiger partial charge >= 0.3 is 5.97 Å². The zero-order chi connectivity index (χ0) is 17.1. The molecule has 24 heavy (non-hydrogen) atoms. The minimum atomic E-state index is -0.999. The number of benzene rings is 2. The summed E-state index contributed by atoms with van der Waals surface area (Å²) in [6.45, 7) is 0. The number of carboxylic acid groups (broad SMARTS) is 1. The lowest BCUT2D eigenvalue weighted by molar-refractivity contribution is 0.0692. The molecule has 0 spiro atoms. The van der Waals surface area contributed by atoms with Crippen LogP contribution in [0.15, 0.2) is 54.7 Å². The number of aromatic carboxylic acids is 1. The molecule has 2 N–H and O–H groups in total. The second kappa shape index (κ2) is 6.50. The molecule has 5 nitrogen and oxygen atoms in total. The van der Waals surface area contributed by atoms with Gasteiger partial charge in [-0.1, -0.05) is 24.3 Å². The van der Waals surface area contributed by atoms with Crippen molar-refractivity contribution < 1.29 is 19.4 Å². The molecule has 0 bridgehead atoms. The molecule has 1 heterocycles. The number of carbonyl (C=O) groups is 1. The summed E-state index contributed by atoms with van der Waals surface area (Å²) in [4.78, 5) is 14.5. The van der Waals surface area contributed by atoms with E-state index in [4.69, 9.17) is 9.47 Å². The van der Waals surface area contributed by atoms with Crippen LogP contribution in [0.25, 0.3) is 22.3 Å². The molecular weight excluding hydrogens is 306 g/mol. The third kappa shape index (κ3) is 2.84. The summed E-state index contributed by atoms with van der Waals surface area (Å²) in [7, 11) is 3.20. The van der Waals surface area contributed by atoms with Crippen molar-refractivity contribution in [3.63, 3.8) is 0 Å². The molecule has 3 aromatic rings. The quantitative estimate of drug-likeness (QED) is 0.742. The van der Waals surface area contributed by atoms with Crippen molar-refractivity contribution in [3.05, 3.63) is 60.4 Å². The molecule has 0 radical (unpaired) electrons. The molecular formula is C19H17NO4. The maximum Gasteiger partial charge on any atom is 0.352 e. The summed E-state index contributed by atoms with van der Waals surface area (Å²) in [5.41, 5.74) is 3.34. The molecule has 1 aromatic heterocycles. The number of rotatable bonds is 5. The molecule has 2 aromatic carbocycles. The number of ether oxygens (including phenoxy) is 2. The lowest BCUT2D eigenvalue weighted by atomic mass is 9.96. The van der Waals surface area contributed by atoms with E-state index < -0.39 is 5.97 Å². The Morgan fingerprint density at radius 3 is 1.83 bits per heavy atom. The van der Waals surface area contributed by atoms with Crippen LogP contribution in [-0.2, 0) is 0 Å². The fourth-order valence-electron chi connectivity index (χ4n) is 2.65. The number of aromatic amines is 1. The van der Waals surface area contributed by atoms with Gasteiger partial charge in [0, 0.05) is 17.3 Å². The van der Waals surface area contributed by atoms with Crippen molar-refractivity contribution in [2.24, 2.45) is 0 Å². The van der Waals surface area contributed by atoms with Crippen LogP contribution in [0.5, 0.6) is 11.5 Å². The first-order chi connectivity index (χ1) is 11.6.